The first-order valence-electron chi connectivity index (χ1n) is 6.14. The molecule has 1 saturated carbocycles. The van der Waals surface area contributed by atoms with Gasteiger partial charge in [0, 0.05) is 20.1 Å². The minimum absolute atomic E-state index is 0.0366. The van der Waals surface area contributed by atoms with Crippen molar-refractivity contribution in [3.8, 4) is 0 Å². The van der Waals surface area contributed by atoms with E-state index < -0.39 is 5.97 Å². The summed E-state index contributed by atoms with van der Waals surface area (Å²) in [5.74, 6) is -0.995. The van der Waals surface area contributed by atoms with Crippen molar-refractivity contribution < 1.29 is 14.7 Å². The number of hydrogen-bond donors (Lipinski definition) is 1. The minimum Gasteiger partial charge on any atom is -0.481 e. The van der Waals surface area contributed by atoms with Crippen LogP contribution in [0.25, 0.3) is 0 Å². The number of carboxylic acids is 1. The van der Waals surface area contributed by atoms with Crippen molar-refractivity contribution in [1.29, 1.82) is 0 Å². The molecule has 1 amide bonds. The summed E-state index contributed by atoms with van der Waals surface area (Å²) in [6.45, 7) is 3.16. The highest BCUT2D eigenvalue weighted by atomic mass is 16.4. The molecule has 2 unspecified atom stereocenters. The largest absolute Gasteiger partial charge is 0.481 e. The summed E-state index contributed by atoms with van der Waals surface area (Å²) >= 11 is 0. The van der Waals surface area contributed by atoms with Gasteiger partial charge in [-0.1, -0.05) is 6.92 Å². The van der Waals surface area contributed by atoms with Gasteiger partial charge in [-0.3, -0.25) is 14.5 Å². The second kappa shape index (κ2) is 6.00. The molecule has 0 aliphatic heterocycles. The molecule has 0 aromatic rings. The fraction of sp³-hybridized carbons (Fsp3) is 0.833. The summed E-state index contributed by atoms with van der Waals surface area (Å²) in [4.78, 5) is 26.3. The molecule has 0 heterocycles. The summed E-state index contributed by atoms with van der Waals surface area (Å²) in [5.41, 5.74) is 0. The van der Waals surface area contributed by atoms with Crippen LogP contribution >= 0.6 is 0 Å². The second-order valence-corrected chi connectivity index (χ2v) is 4.85. The molecule has 0 saturated heterocycles. The molecular weight excluding hydrogens is 220 g/mol. The molecule has 1 aliphatic carbocycles. The molecule has 1 rings (SSSR count). The average molecular weight is 242 g/mol. The predicted octanol–water partition coefficient (Wildman–Crippen LogP) is 0.650. The first-order chi connectivity index (χ1) is 7.97. The molecule has 0 spiro atoms. The van der Waals surface area contributed by atoms with Gasteiger partial charge >= 0.3 is 5.97 Å². The van der Waals surface area contributed by atoms with Crippen molar-refractivity contribution in [3.63, 3.8) is 0 Å². The van der Waals surface area contributed by atoms with E-state index in [9.17, 15) is 9.59 Å². The third-order valence-corrected chi connectivity index (χ3v) is 3.37. The number of nitrogens with zero attached hydrogens (tertiary/aromatic N) is 2. The standard InChI is InChI=1S/C12H22N2O3/c1-4-7-14(8-11(15)13(2)3)10-6-5-9(10)12(16)17/h9-10H,4-8H2,1-3H3,(H,16,17). The van der Waals surface area contributed by atoms with Crippen LogP contribution in [0.1, 0.15) is 26.2 Å². The molecule has 0 aromatic heterocycles. The first-order valence-corrected chi connectivity index (χ1v) is 6.14. The molecule has 5 nitrogen and oxygen atoms in total. The Hall–Kier alpha value is -1.10. The van der Waals surface area contributed by atoms with Gasteiger partial charge in [0.1, 0.15) is 0 Å². The normalized spacial score (nSPS) is 23.3. The highest BCUT2D eigenvalue weighted by molar-refractivity contribution is 5.78. The van der Waals surface area contributed by atoms with Gasteiger partial charge in [-0.2, -0.15) is 0 Å². The Balaban J connectivity index is 2.59. The molecule has 0 bridgehead atoms. The molecule has 1 aliphatic rings. The molecule has 17 heavy (non-hydrogen) atoms. The summed E-state index contributed by atoms with van der Waals surface area (Å²) in [5, 5.41) is 9.04. The zero-order valence-electron chi connectivity index (χ0n) is 10.8. The second-order valence-electron chi connectivity index (χ2n) is 4.85. The lowest BCUT2D eigenvalue weighted by Crippen LogP contribution is -2.53. The molecule has 1 fully saturated rings. The van der Waals surface area contributed by atoms with Gasteiger partial charge in [-0.15, -0.1) is 0 Å². The first kappa shape index (κ1) is 14.0. The van der Waals surface area contributed by atoms with Gasteiger partial charge in [0.2, 0.25) is 5.91 Å². The number of carboxylic acid groups (broad SMARTS) is 1. The zero-order valence-corrected chi connectivity index (χ0v) is 10.8. The molecule has 98 valence electrons. The number of carbonyl (C=O) groups excluding carboxylic acids is 1. The predicted molar refractivity (Wildman–Crippen MR) is 64.7 cm³/mol. The SMILES string of the molecule is CCCN(CC(=O)N(C)C)C1CCC1C(=O)O. The van der Waals surface area contributed by atoms with E-state index in [-0.39, 0.29) is 17.9 Å². The van der Waals surface area contributed by atoms with E-state index in [1.165, 1.54) is 0 Å². The Kier molecular flexibility index (Phi) is 4.93. The zero-order chi connectivity index (χ0) is 13.0. The van der Waals surface area contributed by atoms with Crippen LogP contribution in [0, 0.1) is 5.92 Å². The van der Waals surface area contributed by atoms with Crippen LogP contribution in [0.2, 0.25) is 0 Å². The molecule has 5 heteroatoms. The Labute approximate surface area is 102 Å². The van der Waals surface area contributed by atoms with Crippen LogP contribution in [-0.2, 0) is 9.59 Å². The third-order valence-electron chi connectivity index (χ3n) is 3.37. The molecule has 0 aromatic carbocycles. The monoisotopic (exact) mass is 242 g/mol. The highest BCUT2D eigenvalue weighted by Crippen LogP contribution is 2.32. The lowest BCUT2D eigenvalue weighted by atomic mass is 9.78. The summed E-state index contributed by atoms with van der Waals surface area (Å²) in [7, 11) is 3.45. The highest BCUT2D eigenvalue weighted by Gasteiger charge is 2.40. The third kappa shape index (κ3) is 3.43. The van der Waals surface area contributed by atoms with Crippen molar-refractivity contribution >= 4 is 11.9 Å². The van der Waals surface area contributed by atoms with E-state index in [0.29, 0.717) is 6.54 Å². The van der Waals surface area contributed by atoms with E-state index in [1.54, 1.807) is 19.0 Å². The van der Waals surface area contributed by atoms with Crippen LogP contribution in [0.4, 0.5) is 0 Å². The lowest BCUT2D eigenvalue weighted by molar-refractivity contribution is -0.150. The van der Waals surface area contributed by atoms with Crippen LogP contribution in [0.3, 0.4) is 0 Å². The van der Waals surface area contributed by atoms with Gasteiger partial charge in [0.05, 0.1) is 12.5 Å². The van der Waals surface area contributed by atoms with Crippen molar-refractivity contribution in [2.75, 3.05) is 27.2 Å². The van der Waals surface area contributed by atoms with E-state index in [2.05, 4.69) is 0 Å². The van der Waals surface area contributed by atoms with Crippen molar-refractivity contribution in [2.24, 2.45) is 5.92 Å². The summed E-state index contributed by atoms with van der Waals surface area (Å²) < 4.78 is 0. The van der Waals surface area contributed by atoms with E-state index in [0.717, 1.165) is 25.8 Å². The van der Waals surface area contributed by atoms with Crippen molar-refractivity contribution in [2.45, 2.75) is 32.2 Å². The quantitative estimate of drug-likeness (QED) is 0.743. The fourth-order valence-corrected chi connectivity index (χ4v) is 2.17. The van der Waals surface area contributed by atoms with E-state index in [4.69, 9.17) is 5.11 Å². The maximum atomic E-state index is 11.7. The van der Waals surface area contributed by atoms with Crippen LogP contribution in [0.5, 0.6) is 0 Å². The maximum Gasteiger partial charge on any atom is 0.308 e. The number of amides is 1. The Morgan fingerprint density at radius 1 is 1.29 bits per heavy atom. The molecule has 0 radical (unpaired) electrons. The number of rotatable bonds is 6. The van der Waals surface area contributed by atoms with Crippen LogP contribution in [-0.4, -0.2) is 60.0 Å². The van der Waals surface area contributed by atoms with Crippen LogP contribution < -0.4 is 0 Å². The Morgan fingerprint density at radius 2 is 1.94 bits per heavy atom. The number of carbonyl (C=O) groups is 2. The molecule has 1 N–H and O–H groups in total. The van der Waals surface area contributed by atoms with Crippen LogP contribution in [0.15, 0.2) is 0 Å². The minimum atomic E-state index is -0.736. The van der Waals surface area contributed by atoms with Gasteiger partial charge in [0.15, 0.2) is 0 Å². The van der Waals surface area contributed by atoms with E-state index >= 15 is 0 Å². The number of aliphatic carboxylic acids is 1. The van der Waals surface area contributed by atoms with Gasteiger partial charge in [-0.05, 0) is 25.8 Å². The van der Waals surface area contributed by atoms with E-state index in [1.807, 2.05) is 11.8 Å². The average Bonchev–Trinajstić information content (AvgIpc) is 2.14. The number of likely N-dealkylation sites (N-methyl/N-ethyl adjacent to an activating group) is 1. The van der Waals surface area contributed by atoms with Gasteiger partial charge in [-0.25, -0.2) is 0 Å². The Bertz CT molecular complexity index is 291. The van der Waals surface area contributed by atoms with Crippen molar-refractivity contribution in [3.05, 3.63) is 0 Å². The smallest absolute Gasteiger partial charge is 0.308 e. The van der Waals surface area contributed by atoms with Gasteiger partial charge in [0.25, 0.3) is 0 Å². The number of hydrogen-bond acceptors (Lipinski definition) is 3. The topological polar surface area (TPSA) is 60.9 Å². The molecule has 2 atom stereocenters. The lowest BCUT2D eigenvalue weighted by Gasteiger charge is -2.42. The molecular formula is C12H22N2O3. The summed E-state index contributed by atoms with van der Waals surface area (Å²) in [6.07, 6.45) is 2.55. The maximum absolute atomic E-state index is 11.7. The van der Waals surface area contributed by atoms with Gasteiger partial charge < -0.3 is 10.0 Å². The fourth-order valence-electron chi connectivity index (χ4n) is 2.17. The Morgan fingerprint density at radius 3 is 2.29 bits per heavy atom. The summed E-state index contributed by atoms with van der Waals surface area (Å²) in [6, 6.07) is 0.0383. The van der Waals surface area contributed by atoms with Crippen molar-refractivity contribution in [1.82, 2.24) is 9.80 Å².